The van der Waals surface area contributed by atoms with Crippen LogP contribution in [0.3, 0.4) is 0 Å². The van der Waals surface area contributed by atoms with Crippen molar-refractivity contribution in [2.24, 2.45) is 0 Å². The van der Waals surface area contributed by atoms with Crippen LogP contribution < -0.4 is 10.6 Å². The Hall–Kier alpha value is -3.47. The molecule has 0 fully saturated rings. The second-order valence-electron chi connectivity index (χ2n) is 6.39. The van der Waals surface area contributed by atoms with E-state index in [0.717, 1.165) is 29.9 Å². The van der Waals surface area contributed by atoms with Crippen LogP contribution >= 0.6 is 11.3 Å². The first kappa shape index (κ1) is 19.8. The van der Waals surface area contributed by atoms with Crippen molar-refractivity contribution in [3.8, 4) is 0 Å². The molecule has 0 atom stereocenters. The van der Waals surface area contributed by atoms with Crippen LogP contribution in [0.4, 0.5) is 13.2 Å². The SMILES string of the molecule is O=C(NCc1nnc(C2=CCCN2)s1)c1cc(C(=O)c2c(F)cc(F)cc2F)c[nH]1. The molecule has 30 heavy (non-hydrogen) atoms. The first-order valence-electron chi connectivity index (χ1n) is 8.85. The summed E-state index contributed by atoms with van der Waals surface area (Å²) < 4.78 is 40.7. The molecular formula is C19H14F3N5O2S. The Morgan fingerprint density at radius 1 is 1.13 bits per heavy atom. The summed E-state index contributed by atoms with van der Waals surface area (Å²) >= 11 is 1.33. The minimum Gasteiger partial charge on any atom is -0.383 e. The molecule has 0 saturated heterocycles. The summed E-state index contributed by atoms with van der Waals surface area (Å²) in [5.41, 5.74) is -0.0929. The van der Waals surface area contributed by atoms with Crippen molar-refractivity contribution in [2.45, 2.75) is 13.0 Å². The second kappa shape index (κ2) is 8.11. The largest absolute Gasteiger partial charge is 0.383 e. The molecule has 1 aromatic carbocycles. The maximum absolute atomic E-state index is 13.8. The highest BCUT2D eigenvalue weighted by atomic mass is 32.1. The zero-order chi connectivity index (χ0) is 21.3. The van der Waals surface area contributed by atoms with Crippen molar-refractivity contribution in [1.29, 1.82) is 0 Å². The number of nitrogens with one attached hydrogen (secondary N) is 3. The first-order valence-corrected chi connectivity index (χ1v) is 9.66. The van der Waals surface area contributed by atoms with Gasteiger partial charge in [0.25, 0.3) is 5.91 Å². The van der Waals surface area contributed by atoms with E-state index in [4.69, 9.17) is 0 Å². The average molecular weight is 433 g/mol. The molecule has 4 rings (SSSR count). The Balaban J connectivity index is 1.42. The molecule has 154 valence electrons. The number of carbonyl (C=O) groups excluding carboxylic acids is 2. The van der Waals surface area contributed by atoms with Crippen LogP contribution in [0.1, 0.15) is 42.8 Å². The number of H-pyrrole nitrogens is 1. The van der Waals surface area contributed by atoms with Crippen LogP contribution in [0.25, 0.3) is 5.70 Å². The molecule has 0 radical (unpaired) electrons. The van der Waals surface area contributed by atoms with Gasteiger partial charge in [0.2, 0.25) is 0 Å². The summed E-state index contributed by atoms with van der Waals surface area (Å²) in [4.78, 5) is 27.3. The van der Waals surface area contributed by atoms with Gasteiger partial charge in [0.15, 0.2) is 10.8 Å². The predicted molar refractivity (Wildman–Crippen MR) is 102 cm³/mol. The smallest absolute Gasteiger partial charge is 0.268 e. The molecule has 0 unspecified atom stereocenters. The van der Waals surface area contributed by atoms with Crippen LogP contribution in [-0.2, 0) is 6.54 Å². The van der Waals surface area contributed by atoms with Gasteiger partial charge in [-0.25, -0.2) is 13.2 Å². The Morgan fingerprint density at radius 2 is 1.90 bits per heavy atom. The lowest BCUT2D eigenvalue weighted by Crippen LogP contribution is -2.23. The van der Waals surface area contributed by atoms with Gasteiger partial charge < -0.3 is 15.6 Å². The number of ketones is 1. The van der Waals surface area contributed by atoms with Gasteiger partial charge >= 0.3 is 0 Å². The maximum atomic E-state index is 13.8. The number of halogens is 3. The van der Waals surface area contributed by atoms with Crippen LogP contribution in [0.5, 0.6) is 0 Å². The summed E-state index contributed by atoms with van der Waals surface area (Å²) in [6, 6.07) is 2.01. The molecule has 0 saturated carbocycles. The van der Waals surface area contributed by atoms with Crippen molar-refractivity contribution >= 4 is 28.7 Å². The molecule has 0 spiro atoms. The lowest BCUT2D eigenvalue weighted by atomic mass is 10.0. The number of carbonyl (C=O) groups is 2. The third-order valence-electron chi connectivity index (χ3n) is 4.33. The molecule has 7 nitrogen and oxygen atoms in total. The molecule has 3 aromatic rings. The normalized spacial score (nSPS) is 13.1. The Labute approximate surface area is 172 Å². The van der Waals surface area contributed by atoms with Crippen LogP contribution in [0.15, 0.2) is 30.5 Å². The third-order valence-corrected chi connectivity index (χ3v) is 5.29. The third kappa shape index (κ3) is 3.96. The quantitative estimate of drug-likeness (QED) is 0.519. The first-order chi connectivity index (χ1) is 14.4. The summed E-state index contributed by atoms with van der Waals surface area (Å²) in [6.45, 7) is 0.966. The number of hydrogen-bond acceptors (Lipinski definition) is 6. The molecule has 0 aliphatic carbocycles. The topological polar surface area (TPSA) is 99.8 Å². The van der Waals surface area contributed by atoms with Crippen molar-refractivity contribution in [3.05, 3.63) is 74.8 Å². The highest BCUT2D eigenvalue weighted by Gasteiger charge is 2.22. The predicted octanol–water partition coefficient (Wildman–Crippen LogP) is 2.78. The Morgan fingerprint density at radius 3 is 2.60 bits per heavy atom. The highest BCUT2D eigenvalue weighted by molar-refractivity contribution is 7.12. The molecule has 3 N–H and O–H groups in total. The summed E-state index contributed by atoms with van der Waals surface area (Å²) in [7, 11) is 0. The van der Waals surface area contributed by atoms with Crippen LogP contribution in [0.2, 0.25) is 0 Å². The molecule has 1 aliphatic rings. The van der Waals surface area contributed by atoms with E-state index in [1.807, 2.05) is 6.08 Å². The average Bonchev–Trinajstić information content (AvgIpc) is 3.46. The standard InChI is InChI=1S/C19H14F3N5O2S/c20-10-5-11(21)16(12(22)6-10)17(28)9-4-14(24-7-9)18(29)25-8-15-26-27-19(30-15)13-2-1-3-23-13/h2,4-7,23-24H,1,3,8H2,(H,25,29). The number of benzene rings is 1. The van der Waals surface area contributed by atoms with E-state index >= 15 is 0 Å². The molecule has 3 heterocycles. The van der Waals surface area contributed by atoms with Crippen molar-refractivity contribution in [3.63, 3.8) is 0 Å². The zero-order valence-electron chi connectivity index (χ0n) is 15.3. The molecule has 0 bridgehead atoms. The van der Waals surface area contributed by atoms with Gasteiger partial charge in [0.05, 0.1) is 17.8 Å². The van der Waals surface area contributed by atoms with Gasteiger partial charge in [0.1, 0.15) is 28.2 Å². The second-order valence-corrected chi connectivity index (χ2v) is 7.45. The van der Waals surface area contributed by atoms with Gasteiger partial charge in [-0.15, -0.1) is 10.2 Å². The zero-order valence-corrected chi connectivity index (χ0v) is 16.1. The number of hydrogen-bond donors (Lipinski definition) is 3. The van der Waals surface area contributed by atoms with E-state index < -0.39 is 34.7 Å². The lowest BCUT2D eigenvalue weighted by molar-refractivity contribution is 0.0946. The highest BCUT2D eigenvalue weighted by Crippen LogP contribution is 2.21. The molecule has 1 aliphatic heterocycles. The van der Waals surface area contributed by atoms with Crippen LogP contribution in [-0.4, -0.2) is 33.4 Å². The van der Waals surface area contributed by atoms with E-state index in [0.29, 0.717) is 17.1 Å². The van der Waals surface area contributed by atoms with E-state index in [1.165, 1.54) is 17.4 Å². The molecular weight excluding hydrogens is 419 g/mol. The van der Waals surface area contributed by atoms with Gasteiger partial charge in [-0.3, -0.25) is 9.59 Å². The molecule has 11 heteroatoms. The maximum Gasteiger partial charge on any atom is 0.268 e. The Kier molecular flexibility index (Phi) is 5.36. The minimum atomic E-state index is -1.32. The van der Waals surface area contributed by atoms with Gasteiger partial charge in [0, 0.05) is 30.4 Å². The monoisotopic (exact) mass is 433 g/mol. The van der Waals surface area contributed by atoms with E-state index in [-0.39, 0.29) is 17.8 Å². The van der Waals surface area contributed by atoms with E-state index in [9.17, 15) is 22.8 Å². The fraction of sp³-hybridized carbons (Fsp3) is 0.158. The summed E-state index contributed by atoms with van der Waals surface area (Å²) in [5, 5.41) is 15.2. The lowest BCUT2D eigenvalue weighted by Gasteiger charge is -2.03. The fourth-order valence-corrected chi connectivity index (χ4v) is 3.70. The summed E-state index contributed by atoms with van der Waals surface area (Å²) in [5.74, 6) is -5.31. The van der Waals surface area contributed by atoms with Gasteiger partial charge in [-0.05, 0) is 12.5 Å². The van der Waals surface area contributed by atoms with Crippen molar-refractivity contribution < 1.29 is 22.8 Å². The number of nitrogens with zero attached hydrogens (tertiary/aromatic N) is 2. The number of amides is 1. The summed E-state index contributed by atoms with van der Waals surface area (Å²) in [6.07, 6.45) is 4.09. The van der Waals surface area contributed by atoms with Gasteiger partial charge in [-0.2, -0.15) is 0 Å². The Bertz CT molecular complexity index is 1150. The van der Waals surface area contributed by atoms with E-state index in [2.05, 4.69) is 25.8 Å². The number of aromatic nitrogens is 3. The number of rotatable bonds is 6. The van der Waals surface area contributed by atoms with Gasteiger partial charge in [-0.1, -0.05) is 17.4 Å². The molecule has 1 amide bonds. The van der Waals surface area contributed by atoms with E-state index in [1.54, 1.807) is 0 Å². The number of aromatic amines is 1. The molecule has 2 aromatic heterocycles. The fourth-order valence-electron chi connectivity index (χ4n) is 2.90. The minimum absolute atomic E-state index is 0.0196. The van der Waals surface area contributed by atoms with Crippen molar-refractivity contribution in [2.75, 3.05) is 6.54 Å². The van der Waals surface area contributed by atoms with Crippen LogP contribution in [0, 0.1) is 17.5 Å². The van der Waals surface area contributed by atoms with Crippen molar-refractivity contribution in [1.82, 2.24) is 25.8 Å².